The van der Waals surface area contributed by atoms with Crippen LogP contribution in [0.1, 0.15) is 42.1 Å². The topological polar surface area (TPSA) is 84.2 Å². The summed E-state index contributed by atoms with van der Waals surface area (Å²) in [6, 6.07) is 5.37. The van der Waals surface area contributed by atoms with E-state index in [1.807, 2.05) is 26.8 Å². The second-order valence-corrected chi connectivity index (χ2v) is 5.84. The molecule has 2 amide bonds. The molecule has 1 heterocycles. The van der Waals surface area contributed by atoms with Gasteiger partial charge in [0, 0.05) is 17.8 Å². The molecular weight excluding hydrogens is 294 g/mol. The van der Waals surface area contributed by atoms with Crippen LogP contribution in [0.15, 0.2) is 29.0 Å². The molecule has 0 radical (unpaired) electrons. The SMILES string of the molecule is Cc1ocnc1C(=O)Nc1cccc(NC(=O)CC(C)C)c1C. The second-order valence-electron chi connectivity index (χ2n) is 5.84. The molecule has 0 unspecified atom stereocenters. The number of aryl methyl sites for hydroxylation is 1. The van der Waals surface area contributed by atoms with Crippen LogP contribution in [0.2, 0.25) is 0 Å². The predicted molar refractivity (Wildman–Crippen MR) is 88.5 cm³/mol. The molecule has 0 saturated heterocycles. The highest BCUT2D eigenvalue weighted by Crippen LogP contribution is 2.24. The van der Waals surface area contributed by atoms with E-state index in [9.17, 15) is 9.59 Å². The van der Waals surface area contributed by atoms with E-state index in [1.165, 1.54) is 6.39 Å². The Labute approximate surface area is 135 Å². The van der Waals surface area contributed by atoms with E-state index in [0.717, 1.165) is 5.56 Å². The summed E-state index contributed by atoms with van der Waals surface area (Å²) in [4.78, 5) is 28.0. The molecule has 122 valence electrons. The maximum Gasteiger partial charge on any atom is 0.277 e. The highest BCUT2D eigenvalue weighted by Gasteiger charge is 2.16. The molecule has 0 aliphatic carbocycles. The number of aromatic nitrogens is 1. The number of nitrogens with one attached hydrogen (secondary N) is 2. The van der Waals surface area contributed by atoms with E-state index >= 15 is 0 Å². The van der Waals surface area contributed by atoms with Gasteiger partial charge in [-0.3, -0.25) is 9.59 Å². The van der Waals surface area contributed by atoms with E-state index in [0.29, 0.717) is 23.6 Å². The van der Waals surface area contributed by atoms with Crippen LogP contribution in [0.25, 0.3) is 0 Å². The molecular formula is C17H21N3O3. The number of oxazole rings is 1. The molecule has 6 heteroatoms. The Balaban J connectivity index is 2.15. The Morgan fingerprint density at radius 3 is 2.39 bits per heavy atom. The van der Waals surface area contributed by atoms with Crippen LogP contribution in [0, 0.1) is 19.8 Å². The lowest BCUT2D eigenvalue weighted by Crippen LogP contribution is -2.17. The predicted octanol–water partition coefficient (Wildman–Crippen LogP) is 3.53. The van der Waals surface area contributed by atoms with Crippen LogP contribution >= 0.6 is 0 Å². The molecule has 0 spiro atoms. The van der Waals surface area contributed by atoms with Crippen molar-refractivity contribution >= 4 is 23.2 Å². The first-order valence-corrected chi connectivity index (χ1v) is 7.49. The van der Waals surface area contributed by atoms with Gasteiger partial charge in [0.15, 0.2) is 12.1 Å². The van der Waals surface area contributed by atoms with E-state index in [1.54, 1.807) is 19.1 Å². The summed E-state index contributed by atoms with van der Waals surface area (Å²) in [5, 5.41) is 5.67. The summed E-state index contributed by atoms with van der Waals surface area (Å²) in [6.45, 7) is 7.50. The number of anilines is 2. The molecule has 0 atom stereocenters. The van der Waals surface area contributed by atoms with Gasteiger partial charge in [-0.2, -0.15) is 0 Å². The summed E-state index contributed by atoms with van der Waals surface area (Å²) in [5.74, 6) is 0.360. The monoisotopic (exact) mass is 315 g/mol. The van der Waals surface area contributed by atoms with Gasteiger partial charge in [-0.15, -0.1) is 0 Å². The summed E-state index contributed by atoms with van der Waals surface area (Å²) < 4.78 is 5.04. The first-order valence-electron chi connectivity index (χ1n) is 7.49. The highest BCUT2D eigenvalue weighted by molar-refractivity contribution is 6.04. The normalized spacial score (nSPS) is 10.7. The Bertz CT molecular complexity index is 720. The summed E-state index contributed by atoms with van der Waals surface area (Å²) in [5.41, 5.74) is 2.35. The number of benzene rings is 1. The molecule has 1 aromatic carbocycles. The molecule has 23 heavy (non-hydrogen) atoms. The zero-order valence-electron chi connectivity index (χ0n) is 13.8. The summed E-state index contributed by atoms with van der Waals surface area (Å²) in [7, 11) is 0. The molecule has 2 rings (SSSR count). The minimum absolute atomic E-state index is 0.0427. The maximum atomic E-state index is 12.2. The van der Waals surface area contributed by atoms with Crippen molar-refractivity contribution in [2.75, 3.05) is 10.6 Å². The van der Waals surface area contributed by atoms with Gasteiger partial charge in [0.2, 0.25) is 5.91 Å². The fraction of sp³-hybridized carbons (Fsp3) is 0.353. The fourth-order valence-corrected chi connectivity index (χ4v) is 2.18. The van der Waals surface area contributed by atoms with Crippen molar-refractivity contribution in [3.63, 3.8) is 0 Å². The van der Waals surface area contributed by atoms with Crippen molar-refractivity contribution in [2.24, 2.45) is 5.92 Å². The van der Waals surface area contributed by atoms with Crippen molar-refractivity contribution in [3.8, 4) is 0 Å². The number of amides is 2. The lowest BCUT2D eigenvalue weighted by Gasteiger charge is -2.13. The maximum absolute atomic E-state index is 12.2. The number of carbonyl (C=O) groups is 2. The molecule has 2 N–H and O–H groups in total. The van der Waals surface area contributed by atoms with Crippen molar-refractivity contribution < 1.29 is 14.0 Å². The Morgan fingerprint density at radius 1 is 1.17 bits per heavy atom. The van der Waals surface area contributed by atoms with E-state index in [-0.39, 0.29) is 23.4 Å². The third-order valence-corrected chi connectivity index (χ3v) is 3.41. The van der Waals surface area contributed by atoms with Crippen molar-refractivity contribution in [2.45, 2.75) is 34.1 Å². The van der Waals surface area contributed by atoms with Crippen molar-refractivity contribution in [1.29, 1.82) is 0 Å². The number of carbonyl (C=O) groups excluding carboxylic acids is 2. The third kappa shape index (κ3) is 4.18. The summed E-state index contributed by atoms with van der Waals surface area (Å²) in [6.07, 6.45) is 1.69. The zero-order valence-corrected chi connectivity index (χ0v) is 13.8. The van der Waals surface area contributed by atoms with E-state index in [2.05, 4.69) is 15.6 Å². The van der Waals surface area contributed by atoms with Gasteiger partial charge in [0.1, 0.15) is 5.76 Å². The first-order chi connectivity index (χ1) is 10.9. The zero-order chi connectivity index (χ0) is 17.0. The van der Waals surface area contributed by atoms with Gasteiger partial charge in [-0.1, -0.05) is 19.9 Å². The average Bonchev–Trinajstić information content (AvgIpc) is 2.88. The van der Waals surface area contributed by atoms with E-state index in [4.69, 9.17) is 4.42 Å². The third-order valence-electron chi connectivity index (χ3n) is 3.41. The standard InChI is InChI=1S/C17H21N3O3/c1-10(2)8-15(21)19-13-6-5-7-14(11(13)3)20-17(22)16-12(4)23-9-18-16/h5-7,9-10H,8H2,1-4H3,(H,19,21)(H,20,22). The van der Waals surface area contributed by atoms with Crippen LogP contribution < -0.4 is 10.6 Å². The smallest absolute Gasteiger partial charge is 0.277 e. The fourth-order valence-electron chi connectivity index (χ4n) is 2.18. The molecule has 0 fully saturated rings. The van der Waals surface area contributed by atoms with Crippen LogP contribution in [0.3, 0.4) is 0 Å². The quantitative estimate of drug-likeness (QED) is 0.884. The van der Waals surface area contributed by atoms with Crippen LogP contribution in [-0.2, 0) is 4.79 Å². The van der Waals surface area contributed by atoms with Crippen LogP contribution in [0.5, 0.6) is 0 Å². The number of nitrogens with zero attached hydrogens (tertiary/aromatic N) is 1. The molecule has 0 bridgehead atoms. The molecule has 0 aliphatic rings. The van der Waals surface area contributed by atoms with Crippen molar-refractivity contribution in [3.05, 3.63) is 41.6 Å². The molecule has 1 aromatic heterocycles. The van der Waals surface area contributed by atoms with Gasteiger partial charge in [0.05, 0.1) is 0 Å². The highest BCUT2D eigenvalue weighted by atomic mass is 16.3. The lowest BCUT2D eigenvalue weighted by molar-refractivity contribution is -0.116. The second kappa shape index (κ2) is 7.09. The van der Waals surface area contributed by atoms with Crippen LogP contribution in [-0.4, -0.2) is 16.8 Å². The van der Waals surface area contributed by atoms with E-state index < -0.39 is 0 Å². The van der Waals surface area contributed by atoms with Gasteiger partial charge in [-0.25, -0.2) is 4.98 Å². The molecule has 6 nitrogen and oxygen atoms in total. The van der Waals surface area contributed by atoms with Gasteiger partial charge >= 0.3 is 0 Å². The Morgan fingerprint density at radius 2 is 1.83 bits per heavy atom. The first kappa shape index (κ1) is 16.7. The number of hydrogen-bond donors (Lipinski definition) is 2. The Kier molecular flexibility index (Phi) is 5.16. The van der Waals surface area contributed by atoms with Gasteiger partial charge < -0.3 is 15.1 Å². The van der Waals surface area contributed by atoms with Crippen molar-refractivity contribution in [1.82, 2.24) is 4.98 Å². The van der Waals surface area contributed by atoms with Gasteiger partial charge in [-0.05, 0) is 37.5 Å². The molecule has 0 aliphatic heterocycles. The number of hydrogen-bond acceptors (Lipinski definition) is 4. The van der Waals surface area contributed by atoms with Crippen LogP contribution in [0.4, 0.5) is 11.4 Å². The molecule has 2 aromatic rings. The largest absolute Gasteiger partial charge is 0.448 e. The minimum Gasteiger partial charge on any atom is -0.448 e. The minimum atomic E-state index is -0.343. The molecule has 0 saturated carbocycles. The summed E-state index contributed by atoms with van der Waals surface area (Å²) >= 11 is 0. The van der Waals surface area contributed by atoms with Gasteiger partial charge in [0.25, 0.3) is 5.91 Å². The number of rotatable bonds is 5. The average molecular weight is 315 g/mol. The lowest BCUT2D eigenvalue weighted by atomic mass is 10.1. The Hall–Kier alpha value is -2.63.